The molecule has 2 aliphatic heterocycles. The van der Waals surface area contributed by atoms with Gasteiger partial charge in [-0.1, -0.05) is 65.7 Å². The molecular weight excluding hydrogens is 571 g/mol. The predicted octanol–water partition coefficient (Wildman–Crippen LogP) is 5.62. The predicted molar refractivity (Wildman–Crippen MR) is 156 cm³/mol. The largest absolute Gasteiger partial charge is 0.508 e. The molecule has 0 spiro atoms. The summed E-state index contributed by atoms with van der Waals surface area (Å²) in [7, 11) is 0. The molecule has 2 saturated heterocycles. The van der Waals surface area contributed by atoms with Crippen LogP contribution in [-0.2, 0) is 25.7 Å². The van der Waals surface area contributed by atoms with Crippen LogP contribution in [0, 0.1) is 34.9 Å². The van der Waals surface area contributed by atoms with E-state index in [4.69, 9.17) is 11.6 Å². The molecule has 0 bridgehead atoms. The highest BCUT2D eigenvalue weighted by Gasteiger charge is 2.67. The number of aromatic hydroxyl groups is 1. The second-order valence-corrected chi connectivity index (χ2v) is 12.5. The molecule has 43 heavy (non-hydrogen) atoms. The summed E-state index contributed by atoms with van der Waals surface area (Å²) in [5, 5.41) is 9.83. The van der Waals surface area contributed by atoms with Crippen LogP contribution in [-0.4, -0.2) is 33.6 Å². The van der Waals surface area contributed by atoms with Gasteiger partial charge in [-0.2, -0.15) is 0 Å². The maximum Gasteiger partial charge on any atom is 0.241 e. The standard InChI is InChI=1S/C34H28ClFN2O5/c1-34-25(31(41)38(33(34)43)20-9-14-27(36)26(35)15-20)16-24-22(29(34)19-7-10-21(39)11-8-19)12-13-23-28(24)32(42)37(30(23)40)17-18-5-3-2-4-6-18/h2-12,14-15,23-25,28-29,39H,13,16-17H2,1H3. The smallest absolute Gasteiger partial charge is 0.241 e. The number of rotatable bonds is 4. The molecule has 0 radical (unpaired) electrons. The molecule has 0 aromatic heterocycles. The average Bonchev–Trinajstić information content (AvgIpc) is 3.35. The van der Waals surface area contributed by atoms with Gasteiger partial charge in [0.1, 0.15) is 11.6 Å². The van der Waals surface area contributed by atoms with Crippen molar-refractivity contribution in [2.75, 3.05) is 4.90 Å². The van der Waals surface area contributed by atoms with Gasteiger partial charge in [-0.25, -0.2) is 9.29 Å². The van der Waals surface area contributed by atoms with Crippen molar-refractivity contribution in [1.29, 1.82) is 0 Å². The van der Waals surface area contributed by atoms with Crippen molar-refractivity contribution in [3.63, 3.8) is 0 Å². The molecule has 9 heteroatoms. The fourth-order valence-corrected chi connectivity index (χ4v) is 8.09. The Morgan fingerprint density at radius 1 is 0.930 bits per heavy atom. The van der Waals surface area contributed by atoms with E-state index in [1.807, 2.05) is 36.4 Å². The highest BCUT2D eigenvalue weighted by molar-refractivity contribution is 6.31. The van der Waals surface area contributed by atoms with Crippen LogP contribution < -0.4 is 4.90 Å². The summed E-state index contributed by atoms with van der Waals surface area (Å²) in [4.78, 5) is 58.5. The van der Waals surface area contributed by atoms with E-state index in [9.17, 15) is 28.7 Å². The average molecular weight is 599 g/mol. The molecule has 7 nitrogen and oxygen atoms in total. The van der Waals surface area contributed by atoms with E-state index in [0.29, 0.717) is 6.42 Å². The number of phenolic OH excluding ortho intramolecular Hbond substituents is 1. The van der Waals surface area contributed by atoms with E-state index in [1.165, 1.54) is 29.2 Å². The Bertz CT molecular complexity index is 1720. The molecule has 6 atom stereocenters. The number of halogens is 2. The lowest BCUT2D eigenvalue weighted by atomic mass is 9.51. The lowest BCUT2D eigenvalue weighted by Crippen LogP contribution is -2.48. The van der Waals surface area contributed by atoms with Crippen LogP contribution in [0.1, 0.15) is 36.8 Å². The number of imide groups is 2. The molecule has 1 N–H and O–H groups in total. The molecule has 3 fully saturated rings. The van der Waals surface area contributed by atoms with Crippen molar-refractivity contribution in [3.8, 4) is 5.75 Å². The quantitative estimate of drug-likeness (QED) is 0.311. The van der Waals surface area contributed by atoms with Gasteiger partial charge in [0.25, 0.3) is 0 Å². The molecule has 2 heterocycles. The van der Waals surface area contributed by atoms with Gasteiger partial charge < -0.3 is 5.11 Å². The van der Waals surface area contributed by atoms with Crippen molar-refractivity contribution in [2.24, 2.45) is 29.1 Å². The van der Waals surface area contributed by atoms with Crippen LogP contribution in [0.25, 0.3) is 0 Å². The number of anilines is 1. The Labute approximate surface area is 252 Å². The van der Waals surface area contributed by atoms with E-state index in [1.54, 1.807) is 19.1 Å². The third-order valence-corrected chi connectivity index (χ3v) is 10.2. The van der Waals surface area contributed by atoms with Gasteiger partial charge in [0.15, 0.2) is 0 Å². The summed E-state index contributed by atoms with van der Waals surface area (Å²) in [6.45, 7) is 1.94. The van der Waals surface area contributed by atoms with Crippen LogP contribution in [0.4, 0.5) is 10.1 Å². The Hall–Kier alpha value is -4.30. The van der Waals surface area contributed by atoms with Gasteiger partial charge in [-0.05, 0) is 67.1 Å². The molecule has 1 saturated carbocycles. The number of allylic oxidation sites excluding steroid dienone is 2. The molecule has 4 aliphatic rings. The highest BCUT2D eigenvalue weighted by Crippen LogP contribution is 2.63. The molecule has 4 amide bonds. The highest BCUT2D eigenvalue weighted by atomic mass is 35.5. The second-order valence-electron chi connectivity index (χ2n) is 12.1. The fraction of sp³-hybridized carbons (Fsp3) is 0.294. The number of benzene rings is 3. The first-order valence-corrected chi connectivity index (χ1v) is 14.7. The first kappa shape index (κ1) is 27.5. The van der Waals surface area contributed by atoms with Gasteiger partial charge in [-0.3, -0.25) is 24.1 Å². The molecule has 6 unspecified atom stereocenters. The molecule has 218 valence electrons. The Morgan fingerprint density at radius 3 is 2.35 bits per heavy atom. The minimum atomic E-state index is -1.24. The SMILES string of the molecule is CC12C(=O)N(c3ccc(F)c(Cl)c3)C(=O)C1CC1C(=CCC3C(=O)N(Cc4ccccc4)C(=O)C31)C2c1ccc(O)cc1. The first-order chi connectivity index (χ1) is 20.6. The second kappa shape index (κ2) is 9.88. The summed E-state index contributed by atoms with van der Waals surface area (Å²) in [5.41, 5.74) is 1.36. The van der Waals surface area contributed by atoms with Gasteiger partial charge in [0.2, 0.25) is 23.6 Å². The van der Waals surface area contributed by atoms with E-state index >= 15 is 0 Å². The zero-order valence-electron chi connectivity index (χ0n) is 23.2. The Morgan fingerprint density at radius 2 is 1.65 bits per heavy atom. The number of carbonyl (C=O) groups is 4. The summed E-state index contributed by atoms with van der Waals surface area (Å²) < 4.78 is 14.0. The molecule has 2 aliphatic carbocycles. The Balaban J connectivity index is 1.33. The van der Waals surface area contributed by atoms with Crippen molar-refractivity contribution in [3.05, 3.63) is 106 Å². The summed E-state index contributed by atoms with van der Waals surface area (Å²) >= 11 is 6.05. The molecule has 3 aromatic carbocycles. The number of hydrogen-bond donors (Lipinski definition) is 1. The first-order valence-electron chi connectivity index (χ1n) is 14.3. The normalized spacial score (nSPS) is 29.8. The number of fused-ring (bicyclic) bond motifs is 4. The van der Waals surface area contributed by atoms with Crippen molar-refractivity contribution in [1.82, 2.24) is 4.90 Å². The third-order valence-electron chi connectivity index (χ3n) is 9.94. The number of carbonyl (C=O) groups excluding carboxylic acids is 4. The lowest BCUT2D eigenvalue weighted by molar-refractivity contribution is -0.141. The number of amides is 4. The summed E-state index contributed by atoms with van der Waals surface area (Å²) in [5.74, 6) is -5.03. The van der Waals surface area contributed by atoms with E-state index in [-0.39, 0.29) is 41.2 Å². The zero-order valence-corrected chi connectivity index (χ0v) is 24.0. The number of hydrogen-bond acceptors (Lipinski definition) is 5. The minimum Gasteiger partial charge on any atom is -0.508 e. The zero-order chi connectivity index (χ0) is 30.2. The fourth-order valence-electron chi connectivity index (χ4n) is 7.92. The van der Waals surface area contributed by atoms with Gasteiger partial charge in [0.05, 0.1) is 40.4 Å². The Kier molecular flexibility index (Phi) is 6.32. The van der Waals surface area contributed by atoms with Crippen LogP contribution in [0.3, 0.4) is 0 Å². The van der Waals surface area contributed by atoms with Crippen LogP contribution in [0.2, 0.25) is 5.02 Å². The number of likely N-dealkylation sites (tertiary alicyclic amines) is 1. The molecule has 7 rings (SSSR count). The summed E-state index contributed by atoms with van der Waals surface area (Å²) in [6, 6.07) is 19.6. The van der Waals surface area contributed by atoms with Gasteiger partial charge in [0, 0.05) is 5.92 Å². The topological polar surface area (TPSA) is 95.0 Å². The van der Waals surface area contributed by atoms with E-state index in [2.05, 4.69) is 0 Å². The van der Waals surface area contributed by atoms with Crippen LogP contribution >= 0.6 is 11.6 Å². The minimum absolute atomic E-state index is 0.0556. The van der Waals surface area contributed by atoms with Crippen LogP contribution in [0.5, 0.6) is 5.75 Å². The maximum atomic E-state index is 14.4. The van der Waals surface area contributed by atoms with Gasteiger partial charge >= 0.3 is 0 Å². The third kappa shape index (κ3) is 3.99. The van der Waals surface area contributed by atoms with Crippen LogP contribution in [0.15, 0.2) is 84.4 Å². The van der Waals surface area contributed by atoms with E-state index in [0.717, 1.165) is 27.7 Å². The monoisotopic (exact) mass is 598 g/mol. The summed E-state index contributed by atoms with van der Waals surface area (Å²) in [6.07, 6.45) is 2.55. The number of nitrogens with zero attached hydrogens (tertiary/aromatic N) is 2. The number of phenols is 1. The molecule has 3 aromatic rings. The van der Waals surface area contributed by atoms with Gasteiger partial charge in [-0.15, -0.1) is 0 Å². The maximum absolute atomic E-state index is 14.4. The van der Waals surface area contributed by atoms with Crippen molar-refractivity contribution in [2.45, 2.75) is 32.2 Å². The van der Waals surface area contributed by atoms with Crippen molar-refractivity contribution < 1.29 is 28.7 Å². The lowest BCUT2D eigenvalue weighted by Gasteiger charge is -2.49. The van der Waals surface area contributed by atoms with E-state index < -0.39 is 52.6 Å². The van der Waals surface area contributed by atoms with Crippen molar-refractivity contribution >= 4 is 40.9 Å². The molecular formula is C34H28ClFN2O5.